The second kappa shape index (κ2) is 6.48. The number of anilines is 1. The van der Waals surface area contributed by atoms with Crippen molar-refractivity contribution < 1.29 is 8.81 Å². The summed E-state index contributed by atoms with van der Waals surface area (Å²) in [6, 6.07) is 10.6. The summed E-state index contributed by atoms with van der Waals surface area (Å²) in [6.45, 7) is 3.32. The van der Waals surface area contributed by atoms with Gasteiger partial charge in [0.15, 0.2) is 0 Å². The summed E-state index contributed by atoms with van der Waals surface area (Å²) in [5, 5.41) is 8.92. The number of hydrogen-bond acceptors (Lipinski definition) is 4. The highest BCUT2D eigenvalue weighted by molar-refractivity contribution is 6.30. The van der Waals surface area contributed by atoms with Gasteiger partial charge in [-0.2, -0.15) is 0 Å². The SMILES string of the molecule is Cc1ccc(F)c2c1N(Cc1nnc(-c3ccc(Cl)cc3)o1)CCC2. The maximum Gasteiger partial charge on any atom is 0.247 e. The Bertz CT molecular complexity index is 908. The van der Waals surface area contributed by atoms with Gasteiger partial charge in [-0.05, 0) is 55.7 Å². The number of benzene rings is 2. The molecule has 0 radical (unpaired) electrons. The Morgan fingerprint density at radius 2 is 1.96 bits per heavy atom. The van der Waals surface area contributed by atoms with Crippen LogP contribution in [0, 0.1) is 12.7 Å². The molecule has 0 aliphatic carbocycles. The lowest BCUT2D eigenvalue weighted by Crippen LogP contribution is -2.30. The molecule has 1 aliphatic rings. The van der Waals surface area contributed by atoms with Gasteiger partial charge in [-0.1, -0.05) is 17.7 Å². The first-order chi connectivity index (χ1) is 12.1. The van der Waals surface area contributed by atoms with Crippen molar-refractivity contribution in [3.05, 3.63) is 64.3 Å². The molecule has 0 spiro atoms. The van der Waals surface area contributed by atoms with E-state index < -0.39 is 0 Å². The molecule has 0 atom stereocenters. The summed E-state index contributed by atoms with van der Waals surface area (Å²) in [5.41, 5.74) is 3.62. The molecule has 0 unspecified atom stereocenters. The Hall–Kier alpha value is -2.40. The molecular formula is C19H17ClFN3O. The van der Waals surface area contributed by atoms with Gasteiger partial charge in [-0.15, -0.1) is 10.2 Å². The molecule has 0 amide bonds. The minimum Gasteiger partial charge on any atom is -0.419 e. The Balaban J connectivity index is 1.60. The van der Waals surface area contributed by atoms with Gasteiger partial charge in [-0.25, -0.2) is 4.39 Å². The fourth-order valence-electron chi connectivity index (χ4n) is 3.31. The second-order valence-corrected chi connectivity index (χ2v) is 6.66. The van der Waals surface area contributed by atoms with Crippen LogP contribution in [0.3, 0.4) is 0 Å². The lowest BCUT2D eigenvalue weighted by atomic mass is 9.97. The molecule has 1 aliphatic heterocycles. The number of fused-ring (bicyclic) bond motifs is 1. The van der Waals surface area contributed by atoms with E-state index >= 15 is 0 Å². The lowest BCUT2D eigenvalue weighted by molar-refractivity contribution is 0.490. The molecule has 0 N–H and O–H groups in total. The monoisotopic (exact) mass is 357 g/mol. The average Bonchev–Trinajstić information content (AvgIpc) is 3.07. The van der Waals surface area contributed by atoms with E-state index in [1.807, 2.05) is 25.1 Å². The van der Waals surface area contributed by atoms with Crippen LogP contribution >= 0.6 is 11.6 Å². The van der Waals surface area contributed by atoms with Crippen LogP contribution in [-0.2, 0) is 13.0 Å². The van der Waals surface area contributed by atoms with Crippen LogP contribution in [-0.4, -0.2) is 16.7 Å². The minimum absolute atomic E-state index is 0.141. The molecule has 128 valence electrons. The van der Waals surface area contributed by atoms with Crippen molar-refractivity contribution in [3.63, 3.8) is 0 Å². The van der Waals surface area contributed by atoms with Crippen molar-refractivity contribution in [2.45, 2.75) is 26.3 Å². The van der Waals surface area contributed by atoms with Crippen LogP contribution in [0.2, 0.25) is 5.02 Å². The van der Waals surface area contributed by atoms with Crippen molar-refractivity contribution >= 4 is 17.3 Å². The van der Waals surface area contributed by atoms with Crippen LogP contribution < -0.4 is 4.90 Å². The van der Waals surface area contributed by atoms with E-state index in [1.165, 1.54) is 0 Å². The Labute approximate surface area is 150 Å². The maximum atomic E-state index is 14.1. The number of rotatable bonds is 3. The zero-order valence-electron chi connectivity index (χ0n) is 13.8. The maximum absolute atomic E-state index is 14.1. The first-order valence-corrected chi connectivity index (χ1v) is 8.61. The van der Waals surface area contributed by atoms with Gasteiger partial charge in [0.05, 0.1) is 6.54 Å². The zero-order chi connectivity index (χ0) is 17.4. The second-order valence-electron chi connectivity index (χ2n) is 6.22. The highest BCUT2D eigenvalue weighted by atomic mass is 35.5. The first kappa shape index (κ1) is 16.1. The quantitative estimate of drug-likeness (QED) is 0.675. The van der Waals surface area contributed by atoms with Crippen molar-refractivity contribution in [1.82, 2.24) is 10.2 Å². The van der Waals surface area contributed by atoms with Crippen molar-refractivity contribution in [1.29, 1.82) is 0 Å². The van der Waals surface area contributed by atoms with Crippen molar-refractivity contribution in [2.24, 2.45) is 0 Å². The van der Waals surface area contributed by atoms with Gasteiger partial charge in [0.25, 0.3) is 0 Å². The van der Waals surface area contributed by atoms with E-state index in [-0.39, 0.29) is 5.82 Å². The topological polar surface area (TPSA) is 42.2 Å². The molecular weight excluding hydrogens is 341 g/mol. The first-order valence-electron chi connectivity index (χ1n) is 8.23. The van der Waals surface area contributed by atoms with E-state index in [9.17, 15) is 4.39 Å². The number of aromatic nitrogens is 2. The van der Waals surface area contributed by atoms with Gasteiger partial charge in [-0.3, -0.25) is 0 Å². The highest BCUT2D eigenvalue weighted by Gasteiger charge is 2.23. The Morgan fingerprint density at radius 1 is 1.16 bits per heavy atom. The van der Waals surface area contributed by atoms with E-state index in [2.05, 4.69) is 15.1 Å². The normalized spacial score (nSPS) is 13.8. The standard InChI is InChI=1S/C19H17ClFN3O/c1-12-4-9-16(21)15-3-2-10-24(18(12)15)11-17-22-23-19(25-17)13-5-7-14(20)8-6-13/h4-9H,2-3,10-11H2,1H3. The third-order valence-corrected chi connectivity index (χ3v) is 4.73. The summed E-state index contributed by atoms with van der Waals surface area (Å²) < 4.78 is 19.9. The molecule has 0 saturated carbocycles. The third-order valence-electron chi connectivity index (χ3n) is 4.48. The molecule has 0 bridgehead atoms. The molecule has 25 heavy (non-hydrogen) atoms. The summed E-state index contributed by atoms with van der Waals surface area (Å²) in [7, 11) is 0. The summed E-state index contributed by atoms with van der Waals surface area (Å²) in [4.78, 5) is 2.12. The van der Waals surface area contributed by atoms with E-state index in [0.717, 1.165) is 41.8 Å². The number of aryl methyl sites for hydroxylation is 1. The molecule has 4 rings (SSSR count). The summed E-state index contributed by atoms with van der Waals surface area (Å²) in [5.74, 6) is 0.832. The van der Waals surface area contributed by atoms with E-state index in [1.54, 1.807) is 18.2 Å². The van der Waals surface area contributed by atoms with Gasteiger partial charge in [0, 0.05) is 28.4 Å². The third kappa shape index (κ3) is 3.12. The number of halogens is 2. The van der Waals surface area contributed by atoms with Crippen LogP contribution in [0.1, 0.15) is 23.4 Å². The van der Waals surface area contributed by atoms with Gasteiger partial charge < -0.3 is 9.32 Å². The average molecular weight is 358 g/mol. The number of nitrogens with zero attached hydrogens (tertiary/aromatic N) is 3. The largest absolute Gasteiger partial charge is 0.419 e. The van der Waals surface area contributed by atoms with Crippen molar-refractivity contribution in [3.8, 4) is 11.5 Å². The van der Waals surface area contributed by atoms with Crippen LogP contribution in [0.15, 0.2) is 40.8 Å². The molecule has 6 heteroatoms. The molecule has 4 nitrogen and oxygen atoms in total. The fourth-order valence-corrected chi connectivity index (χ4v) is 3.44. The van der Waals surface area contributed by atoms with Crippen molar-refractivity contribution in [2.75, 3.05) is 11.4 Å². The molecule has 2 heterocycles. The predicted octanol–water partition coefficient (Wildman–Crippen LogP) is 4.79. The smallest absolute Gasteiger partial charge is 0.247 e. The molecule has 3 aromatic rings. The van der Waals surface area contributed by atoms with E-state index in [4.69, 9.17) is 16.0 Å². The van der Waals surface area contributed by atoms with E-state index in [0.29, 0.717) is 23.3 Å². The summed E-state index contributed by atoms with van der Waals surface area (Å²) >= 11 is 5.90. The lowest BCUT2D eigenvalue weighted by Gasteiger charge is -2.31. The van der Waals surface area contributed by atoms with Crippen LogP contribution in [0.25, 0.3) is 11.5 Å². The minimum atomic E-state index is -0.141. The molecule has 1 aromatic heterocycles. The summed E-state index contributed by atoms with van der Waals surface area (Å²) in [6.07, 6.45) is 1.67. The zero-order valence-corrected chi connectivity index (χ0v) is 14.6. The Kier molecular flexibility index (Phi) is 4.17. The molecule has 2 aromatic carbocycles. The van der Waals surface area contributed by atoms with Crippen LogP contribution in [0.4, 0.5) is 10.1 Å². The van der Waals surface area contributed by atoms with Gasteiger partial charge >= 0.3 is 0 Å². The van der Waals surface area contributed by atoms with Crippen LogP contribution in [0.5, 0.6) is 0 Å². The molecule has 0 fully saturated rings. The van der Waals surface area contributed by atoms with Gasteiger partial charge in [0.2, 0.25) is 11.8 Å². The fraction of sp³-hybridized carbons (Fsp3) is 0.263. The Morgan fingerprint density at radius 3 is 2.76 bits per heavy atom. The molecule has 0 saturated heterocycles. The predicted molar refractivity (Wildman–Crippen MR) is 95.3 cm³/mol. The van der Waals surface area contributed by atoms with Gasteiger partial charge in [0.1, 0.15) is 5.82 Å². The number of hydrogen-bond donors (Lipinski definition) is 0. The highest BCUT2D eigenvalue weighted by Crippen LogP contribution is 2.33.